The Morgan fingerprint density at radius 1 is 0.542 bits per heavy atom. The summed E-state index contributed by atoms with van der Waals surface area (Å²) in [7, 11) is 0. The van der Waals surface area contributed by atoms with Crippen LogP contribution >= 0.6 is 0 Å². The molecule has 0 nitrogen and oxygen atoms in total. The van der Waals surface area contributed by atoms with Crippen LogP contribution in [0.2, 0.25) is 0 Å². The van der Waals surface area contributed by atoms with Crippen molar-refractivity contribution in [1.82, 2.24) is 0 Å². The zero-order valence-corrected chi connectivity index (χ0v) is 17.3. The molecule has 0 heterocycles. The molecule has 0 saturated heterocycles. The molecule has 0 N–H and O–H groups in total. The minimum absolute atomic E-state index is 1.08. The van der Waals surface area contributed by atoms with Gasteiger partial charge in [-0.3, -0.25) is 0 Å². The van der Waals surface area contributed by atoms with E-state index in [9.17, 15) is 0 Å². The monoisotopic (exact) mass is 336 g/mol. The van der Waals surface area contributed by atoms with Crippen LogP contribution in [-0.2, 0) is 0 Å². The molecule has 0 atom stereocenters. The fourth-order valence-electron chi connectivity index (χ4n) is 4.77. The van der Waals surface area contributed by atoms with Crippen molar-refractivity contribution in [3.8, 4) is 0 Å². The Labute approximate surface area is 154 Å². The van der Waals surface area contributed by atoms with Gasteiger partial charge < -0.3 is 0 Å². The lowest BCUT2D eigenvalue weighted by Crippen LogP contribution is -2.12. The molecule has 0 heteroatoms. The van der Waals surface area contributed by atoms with Crippen LogP contribution in [0.15, 0.2) is 0 Å². The minimum atomic E-state index is 1.08. The van der Waals surface area contributed by atoms with Gasteiger partial charge in [0.05, 0.1) is 0 Å². The van der Waals surface area contributed by atoms with Gasteiger partial charge in [0.1, 0.15) is 0 Å². The summed E-state index contributed by atoms with van der Waals surface area (Å²) in [6.07, 6.45) is 29.9. The van der Waals surface area contributed by atoms with Gasteiger partial charge in [-0.25, -0.2) is 0 Å². The van der Waals surface area contributed by atoms with Crippen molar-refractivity contribution in [3.05, 3.63) is 0 Å². The molecule has 24 heavy (non-hydrogen) atoms. The van der Waals surface area contributed by atoms with Crippen LogP contribution in [0.4, 0.5) is 0 Å². The van der Waals surface area contributed by atoms with E-state index in [1.807, 2.05) is 0 Å². The second-order valence-corrected chi connectivity index (χ2v) is 8.62. The van der Waals surface area contributed by atoms with Crippen molar-refractivity contribution in [2.75, 3.05) is 0 Å². The van der Waals surface area contributed by atoms with Crippen molar-refractivity contribution >= 4 is 0 Å². The van der Waals surface area contributed by atoms with E-state index in [1.54, 1.807) is 25.7 Å². The SMILES string of the molecule is CCCCCCCCCC(CCCCCCCCC)C1CCCC1. The predicted octanol–water partition coefficient (Wildman–Crippen LogP) is 9.07. The normalized spacial score (nSPS) is 15.6. The fourth-order valence-corrected chi connectivity index (χ4v) is 4.77. The molecule has 0 aliphatic heterocycles. The van der Waals surface area contributed by atoms with Gasteiger partial charge in [0, 0.05) is 0 Å². The Morgan fingerprint density at radius 3 is 1.33 bits per heavy atom. The highest BCUT2D eigenvalue weighted by Crippen LogP contribution is 2.37. The molecule has 1 fully saturated rings. The molecule has 144 valence electrons. The highest BCUT2D eigenvalue weighted by Gasteiger charge is 2.24. The van der Waals surface area contributed by atoms with Gasteiger partial charge >= 0.3 is 0 Å². The van der Waals surface area contributed by atoms with E-state index in [2.05, 4.69) is 13.8 Å². The minimum Gasteiger partial charge on any atom is -0.0654 e. The molecule has 1 saturated carbocycles. The van der Waals surface area contributed by atoms with Crippen molar-refractivity contribution in [2.45, 2.75) is 142 Å². The third-order valence-electron chi connectivity index (χ3n) is 6.42. The Kier molecular flexibility index (Phi) is 15.1. The predicted molar refractivity (Wildman–Crippen MR) is 111 cm³/mol. The molecule has 0 amide bonds. The van der Waals surface area contributed by atoms with E-state index in [0.717, 1.165) is 11.8 Å². The lowest BCUT2D eigenvalue weighted by atomic mass is 9.82. The molecule has 0 unspecified atom stereocenters. The molecule has 1 aliphatic rings. The first-order valence-electron chi connectivity index (χ1n) is 11.9. The summed E-state index contributed by atoms with van der Waals surface area (Å²) >= 11 is 0. The average molecular weight is 337 g/mol. The van der Waals surface area contributed by atoms with E-state index >= 15 is 0 Å². The van der Waals surface area contributed by atoms with Gasteiger partial charge in [-0.05, 0) is 11.8 Å². The van der Waals surface area contributed by atoms with Crippen LogP contribution in [-0.4, -0.2) is 0 Å². The van der Waals surface area contributed by atoms with Gasteiger partial charge in [-0.1, -0.05) is 142 Å². The van der Waals surface area contributed by atoms with Crippen LogP contribution in [0.5, 0.6) is 0 Å². The summed E-state index contributed by atoms with van der Waals surface area (Å²) < 4.78 is 0. The van der Waals surface area contributed by atoms with E-state index < -0.39 is 0 Å². The highest BCUT2D eigenvalue weighted by atomic mass is 14.3. The first-order valence-corrected chi connectivity index (χ1v) is 11.9. The van der Waals surface area contributed by atoms with Crippen LogP contribution in [0.25, 0.3) is 0 Å². The molecular weight excluding hydrogens is 288 g/mol. The quantitative estimate of drug-likeness (QED) is 0.232. The Hall–Kier alpha value is 0. The maximum absolute atomic E-state index is 2.32. The third kappa shape index (κ3) is 11.5. The van der Waals surface area contributed by atoms with E-state index in [1.165, 1.54) is 103 Å². The summed E-state index contributed by atoms with van der Waals surface area (Å²) in [5.41, 5.74) is 0. The first kappa shape index (κ1) is 22.0. The molecular formula is C24H48. The van der Waals surface area contributed by atoms with Crippen LogP contribution in [0.1, 0.15) is 142 Å². The van der Waals surface area contributed by atoms with Gasteiger partial charge in [-0.2, -0.15) is 0 Å². The number of hydrogen-bond donors (Lipinski definition) is 0. The molecule has 0 spiro atoms. The summed E-state index contributed by atoms with van der Waals surface area (Å²) in [5.74, 6) is 2.18. The van der Waals surface area contributed by atoms with Gasteiger partial charge in [0.25, 0.3) is 0 Å². The molecule has 0 radical (unpaired) electrons. The Balaban J connectivity index is 2.07. The summed E-state index contributed by atoms with van der Waals surface area (Å²) in [6, 6.07) is 0. The lowest BCUT2D eigenvalue weighted by molar-refractivity contribution is 0.281. The summed E-state index contributed by atoms with van der Waals surface area (Å²) in [5, 5.41) is 0. The zero-order valence-electron chi connectivity index (χ0n) is 17.3. The molecule has 0 aromatic rings. The molecule has 1 aliphatic carbocycles. The average Bonchev–Trinajstić information content (AvgIpc) is 3.12. The summed E-state index contributed by atoms with van der Waals surface area (Å²) in [4.78, 5) is 0. The molecule has 1 rings (SSSR count). The van der Waals surface area contributed by atoms with Crippen molar-refractivity contribution < 1.29 is 0 Å². The van der Waals surface area contributed by atoms with E-state index in [4.69, 9.17) is 0 Å². The van der Waals surface area contributed by atoms with E-state index in [0.29, 0.717) is 0 Å². The molecule has 0 aromatic heterocycles. The van der Waals surface area contributed by atoms with Crippen molar-refractivity contribution in [1.29, 1.82) is 0 Å². The third-order valence-corrected chi connectivity index (χ3v) is 6.42. The van der Waals surface area contributed by atoms with Crippen LogP contribution in [0, 0.1) is 11.8 Å². The van der Waals surface area contributed by atoms with Crippen molar-refractivity contribution in [3.63, 3.8) is 0 Å². The second kappa shape index (κ2) is 16.5. The maximum Gasteiger partial charge on any atom is -0.0386 e. The zero-order chi connectivity index (χ0) is 17.3. The highest BCUT2D eigenvalue weighted by molar-refractivity contribution is 4.75. The fraction of sp³-hybridized carbons (Fsp3) is 1.00. The van der Waals surface area contributed by atoms with Crippen LogP contribution in [0.3, 0.4) is 0 Å². The Bertz CT molecular complexity index is 220. The smallest absolute Gasteiger partial charge is 0.0386 e. The number of rotatable bonds is 17. The topological polar surface area (TPSA) is 0 Å². The van der Waals surface area contributed by atoms with E-state index in [-0.39, 0.29) is 0 Å². The first-order chi connectivity index (χ1) is 11.9. The van der Waals surface area contributed by atoms with Gasteiger partial charge in [-0.15, -0.1) is 0 Å². The number of unbranched alkanes of at least 4 members (excludes halogenated alkanes) is 12. The van der Waals surface area contributed by atoms with Gasteiger partial charge in [0.15, 0.2) is 0 Å². The molecule has 0 bridgehead atoms. The van der Waals surface area contributed by atoms with Gasteiger partial charge in [0.2, 0.25) is 0 Å². The summed E-state index contributed by atoms with van der Waals surface area (Å²) in [6.45, 7) is 4.63. The Morgan fingerprint density at radius 2 is 0.917 bits per heavy atom. The lowest BCUT2D eigenvalue weighted by Gasteiger charge is -2.23. The van der Waals surface area contributed by atoms with Crippen molar-refractivity contribution in [2.24, 2.45) is 11.8 Å². The largest absolute Gasteiger partial charge is 0.0654 e. The number of hydrogen-bond acceptors (Lipinski definition) is 0. The maximum atomic E-state index is 2.32. The van der Waals surface area contributed by atoms with Crippen LogP contribution < -0.4 is 0 Å². The standard InChI is InChI=1S/C24H48/c1-3-5-7-9-11-13-15-19-23(24-21-17-18-22-24)20-16-14-12-10-8-6-4-2/h23-24H,3-22H2,1-2H3. The second-order valence-electron chi connectivity index (χ2n) is 8.62. The molecule has 0 aromatic carbocycles.